The third-order valence-corrected chi connectivity index (χ3v) is 6.22. The van der Waals surface area contributed by atoms with E-state index in [-0.39, 0.29) is 17.5 Å². The third-order valence-electron chi connectivity index (χ3n) is 6.22. The van der Waals surface area contributed by atoms with Crippen LogP contribution in [-0.4, -0.2) is 90.3 Å². The lowest BCUT2D eigenvalue weighted by atomic mass is 10.1. The fourth-order valence-corrected chi connectivity index (χ4v) is 4.41. The predicted octanol–water partition coefficient (Wildman–Crippen LogP) is 2.21. The fourth-order valence-electron chi connectivity index (χ4n) is 4.41. The van der Waals surface area contributed by atoms with Crippen molar-refractivity contribution in [2.24, 2.45) is 0 Å². The van der Waals surface area contributed by atoms with Crippen LogP contribution in [0.5, 0.6) is 0 Å². The zero-order valence-corrected chi connectivity index (χ0v) is 18.6. The molecule has 2 heterocycles. The quantitative estimate of drug-likeness (QED) is 0.486. The predicted molar refractivity (Wildman–Crippen MR) is 119 cm³/mol. The highest BCUT2D eigenvalue weighted by atomic mass is 16.6. The van der Waals surface area contributed by atoms with Crippen molar-refractivity contribution in [1.82, 2.24) is 14.7 Å². The Morgan fingerprint density at radius 2 is 1.71 bits per heavy atom. The summed E-state index contributed by atoms with van der Waals surface area (Å²) in [5.74, 6) is -0.0779. The minimum atomic E-state index is -0.395. The highest BCUT2D eigenvalue weighted by Crippen LogP contribution is 2.32. The van der Waals surface area contributed by atoms with Gasteiger partial charge in [0.1, 0.15) is 5.69 Å². The molecule has 0 radical (unpaired) electrons. The molecule has 3 rings (SSSR count). The van der Waals surface area contributed by atoms with Crippen LogP contribution in [0, 0.1) is 10.1 Å². The van der Waals surface area contributed by atoms with Crippen molar-refractivity contribution in [2.45, 2.75) is 33.1 Å². The van der Waals surface area contributed by atoms with Gasteiger partial charge in [-0.25, -0.2) is 0 Å². The van der Waals surface area contributed by atoms with Crippen LogP contribution in [0.3, 0.4) is 0 Å². The summed E-state index contributed by atoms with van der Waals surface area (Å²) in [4.78, 5) is 44.4. The first-order valence-corrected chi connectivity index (χ1v) is 11.3. The molecule has 0 N–H and O–H groups in total. The summed E-state index contributed by atoms with van der Waals surface area (Å²) in [5, 5.41) is 11.6. The highest BCUT2D eigenvalue weighted by Gasteiger charge is 2.27. The van der Waals surface area contributed by atoms with Gasteiger partial charge < -0.3 is 14.7 Å². The number of benzene rings is 1. The third kappa shape index (κ3) is 5.52. The zero-order valence-electron chi connectivity index (χ0n) is 18.6. The lowest BCUT2D eigenvalue weighted by Crippen LogP contribution is -2.42. The Morgan fingerprint density at radius 1 is 1.00 bits per heavy atom. The number of carbonyl (C=O) groups excluding carboxylic acids is 2. The number of nitrogens with zero attached hydrogens (tertiary/aromatic N) is 5. The second-order valence-corrected chi connectivity index (χ2v) is 8.14. The smallest absolute Gasteiger partial charge is 0.293 e. The van der Waals surface area contributed by atoms with Crippen molar-refractivity contribution in [3.8, 4) is 0 Å². The van der Waals surface area contributed by atoms with E-state index >= 15 is 0 Å². The van der Waals surface area contributed by atoms with Gasteiger partial charge in [-0.2, -0.15) is 0 Å². The van der Waals surface area contributed by atoms with Crippen LogP contribution < -0.4 is 4.90 Å². The van der Waals surface area contributed by atoms with Gasteiger partial charge in [0.2, 0.25) is 5.91 Å². The highest BCUT2D eigenvalue weighted by molar-refractivity contribution is 5.96. The topological polar surface area (TPSA) is 90.2 Å². The summed E-state index contributed by atoms with van der Waals surface area (Å²) in [7, 11) is 0. The number of nitro benzene ring substituents is 1. The van der Waals surface area contributed by atoms with E-state index in [4.69, 9.17) is 0 Å². The molecule has 31 heavy (non-hydrogen) atoms. The van der Waals surface area contributed by atoms with Gasteiger partial charge >= 0.3 is 0 Å². The van der Waals surface area contributed by atoms with Gasteiger partial charge in [-0.05, 0) is 45.2 Å². The Morgan fingerprint density at radius 3 is 2.35 bits per heavy atom. The first kappa shape index (κ1) is 23.0. The molecule has 1 aromatic carbocycles. The summed E-state index contributed by atoms with van der Waals surface area (Å²) in [6, 6.07) is 4.83. The largest absolute Gasteiger partial charge is 0.366 e. The summed E-state index contributed by atoms with van der Waals surface area (Å²) < 4.78 is 0. The Bertz CT molecular complexity index is 805. The van der Waals surface area contributed by atoms with Crippen LogP contribution in [0.15, 0.2) is 18.2 Å². The van der Waals surface area contributed by atoms with Crippen molar-refractivity contribution in [1.29, 1.82) is 0 Å². The molecule has 9 heteroatoms. The maximum absolute atomic E-state index is 13.1. The number of likely N-dealkylation sites (N-methyl/N-ethyl adjacent to an activating group) is 1. The molecule has 0 bridgehead atoms. The average molecular weight is 432 g/mol. The van der Waals surface area contributed by atoms with E-state index in [1.165, 1.54) is 6.07 Å². The van der Waals surface area contributed by atoms with Crippen molar-refractivity contribution in [2.75, 3.05) is 63.8 Å². The standard InChI is InChI=1S/C22H33N5O4/c1-3-24(4-2)21(28)17-23-10-7-13-26(15-14-23)22(29)18-8-9-19(20(16-18)27(30)31)25-11-5-6-12-25/h8-9,16H,3-7,10-15,17H2,1-2H3. The van der Waals surface area contributed by atoms with E-state index in [1.54, 1.807) is 17.0 Å². The van der Waals surface area contributed by atoms with E-state index < -0.39 is 4.92 Å². The van der Waals surface area contributed by atoms with Crippen molar-refractivity contribution in [3.05, 3.63) is 33.9 Å². The second kappa shape index (κ2) is 10.6. The van der Waals surface area contributed by atoms with Crippen molar-refractivity contribution in [3.63, 3.8) is 0 Å². The molecule has 0 spiro atoms. The van der Waals surface area contributed by atoms with Gasteiger partial charge in [0.05, 0.1) is 11.5 Å². The molecule has 0 unspecified atom stereocenters. The normalized spacial score (nSPS) is 17.5. The molecule has 0 aliphatic carbocycles. The summed E-state index contributed by atoms with van der Waals surface area (Å²) >= 11 is 0. The van der Waals surface area contributed by atoms with Crippen molar-refractivity contribution < 1.29 is 14.5 Å². The number of hydrogen-bond donors (Lipinski definition) is 0. The first-order valence-electron chi connectivity index (χ1n) is 11.3. The lowest BCUT2D eigenvalue weighted by Gasteiger charge is -2.25. The van der Waals surface area contributed by atoms with Gasteiger partial charge in [-0.15, -0.1) is 0 Å². The van der Waals surface area contributed by atoms with Gasteiger partial charge in [0.15, 0.2) is 0 Å². The number of anilines is 1. The van der Waals surface area contributed by atoms with Crippen LogP contribution >= 0.6 is 0 Å². The number of carbonyl (C=O) groups is 2. The molecule has 0 atom stereocenters. The van der Waals surface area contributed by atoms with Crippen LogP contribution in [0.2, 0.25) is 0 Å². The molecular formula is C22H33N5O4. The molecular weight excluding hydrogens is 398 g/mol. The number of rotatable bonds is 7. The van der Waals surface area contributed by atoms with E-state index in [9.17, 15) is 19.7 Å². The number of amides is 2. The second-order valence-electron chi connectivity index (χ2n) is 8.14. The maximum Gasteiger partial charge on any atom is 0.293 e. The minimum Gasteiger partial charge on any atom is -0.366 e. The van der Waals surface area contributed by atoms with Crippen LogP contribution in [0.25, 0.3) is 0 Å². The maximum atomic E-state index is 13.1. The fraction of sp³-hybridized carbons (Fsp3) is 0.636. The molecule has 2 saturated heterocycles. The molecule has 2 amide bonds. The molecule has 2 fully saturated rings. The number of hydrogen-bond acceptors (Lipinski definition) is 6. The Balaban J connectivity index is 1.66. The van der Waals surface area contributed by atoms with Gasteiger partial charge in [0.25, 0.3) is 11.6 Å². The van der Waals surface area contributed by atoms with Crippen molar-refractivity contribution >= 4 is 23.2 Å². The molecule has 2 aliphatic heterocycles. The summed E-state index contributed by atoms with van der Waals surface area (Å²) in [5.41, 5.74) is 0.937. The summed E-state index contributed by atoms with van der Waals surface area (Å²) in [6.45, 7) is 9.77. The van der Waals surface area contributed by atoms with Gasteiger partial charge in [-0.1, -0.05) is 0 Å². The van der Waals surface area contributed by atoms with Crippen LogP contribution in [0.4, 0.5) is 11.4 Å². The molecule has 9 nitrogen and oxygen atoms in total. The molecule has 0 aromatic heterocycles. The van der Waals surface area contributed by atoms with Crippen LogP contribution in [0.1, 0.15) is 43.5 Å². The zero-order chi connectivity index (χ0) is 22.4. The lowest BCUT2D eigenvalue weighted by molar-refractivity contribution is -0.384. The van der Waals surface area contributed by atoms with Gasteiger partial charge in [-0.3, -0.25) is 24.6 Å². The van der Waals surface area contributed by atoms with E-state index in [2.05, 4.69) is 4.90 Å². The van der Waals surface area contributed by atoms with E-state index in [1.807, 2.05) is 23.6 Å². The van der Waals surface area contributed by atoms with Gasteiger partial charge in [0, 0.05) is 64.0 Å². The monoisotopic (exact) mass is 431 g/mol. The van der Waals surface area contributed by atoms with Crippen LogP contribution in [-0.2, 0) is 4.79 Å². The number of nitro groups is 1. The molecule has 170 valence electrons. The Hall–Kier alpha value is -2.68. The Kier molecular flexibility index (Phi) is 7.84. The summed E-state index contributed by atoms with van der Waals surface area (Å²) in [6.07, 6.45) is 2.82. The molecule has 1 aromatic rings. The average Bonchev–Trinajstić information content (AvgIpc) is 3.20. The molecule has 0 saturated carbocycles. The minimum absolute atomic E-state index is 0.00554. The van der Waals surface area contributed by atoms with E-state index in [0.29, 0.717) is 50.5 Å². The Labute approximate surface area is 183 Å². The first-order chi connectivity index (χ1) is 14.9. The SMILES string of the molecule is CCN(CC)C(=O)CN1CCCN(C(=O)c2ccc(N3CCCC3)c([N+](=O)[O-])c2)CC1. The molecule has 2 aliphatic rings. The van der Waals surface area contributed by atoms with E-state index in [0.717, 1.165) is 38.9 Å².